The lowest BCUT2D eigenvalue weighted by Crippen LogP contribution is -2.45. The minimum absolute atomic E-state index is 0.307. The van der Waals surface area contributed by atoms with E-state index in [4.69, 9.17) is 0 Å². The predicted octanol–water partition coefficient (Wildman–Crippen LogP) is 3.56. The largest absolute Gasteiger partial charge is 0.481 e. The Morgan fingerprint density at radius 3 is 2.04 bits per heavy atom. The summed E-state index contributed by atoms with van der Waals surface area (Å²) in [5.74, 6) is -1.96. The monoisotopic (exact) mass is 355 g/mol. The summed E-state index contributed by atoms with van der Waals surface area (Å²) in [4.78, 5) is 14.4. The molecule has 0 aromatic heterocycles. The number of rotatable bonds is 10. The summed E-state index contributed by atoms with van der Waals surface area (Å²) in [7, 11) is 0. The van der Waals surface area contributed by atoms with Crippen molar-refractivity contribution in [1.29, 1.82) is 0 Å². The minimum Gasteiger partial charge on any atom is -0.481 e. The number of carboxylic acid groups (broad SMARTS) is 1. The standard InChI is InChI=1S/C22H29NO3/c1-3-23(4-2)16-15-22(26,17-18-11-7-5-8-12-18)20(21(24)25)19-13-9-6-10-14-19/h5-14,20,26H,3-4,15-17H2,1-2H3,(H,24,25)/t20-,22-/m0/s1. The zero-order valence-corrected chi connectivity index (χ0v) is 15.6. The molecular weight excluding hydrogens is 326 g/mol. The second-order valence-electron chi connectivity index (χ2n) is 6.72. The molecule has 0 saturated carbocycles. The normalized spacial score (nSPS) is 14.8. The van der Waals surface area contributed by atoms with Gasteiger partial charge in [0.15, 0.2) is 0 Å². The fourth-order valence-corrected chi connectivity index (χ4v) is 3.50. The van der Waals surface area contributed by atoms with Crippen molar-refractivity contribution in [3.8, 4) is 0 Å². The van der Waals surface area contributed by atoms with Crippen LogP contribution in [-0.4, -0.2) is 46.3 Å². The molecular formula is C22H29NO3. The van der Waals surface area contributed by atoms with Crippen molar-refractivity contribution in [1.82, 2.24) is 4.90 Å². The quantitative estimate of drug-likeness (QED) is 0.684. The highest BCUT2D eigenvalue weighted by Gasteiger charge is 2.42. The van der Waals surface area contributed by atoms with Crippen molar-refractivity contribution in [2.24, 2.45) is 0 Å². The van der Waals surface area contributed by atoms with Crippen LogP contribution in [0.5, 0.6) is 0 Å². The summed E-state index contributed by atoms with van der Waals surface area (Å²) in [6, 6.07) is 18.7. The lowest BCUT2D eigenvalue weighted by molar-refractivity contribution is -0.146. The lowest BCUT2D eigenvalue weighted by atomic mass is 9.76. The van der Waals surface area contributed by atoms with Crippen LogP contribution in [0.1, 0.15) is 37.3 Å². The van der Waals surface area contributed by atoms with Gasteiger partial charge in [-0.15, -0.1) is 0 Å². The molecule has 4 heteroatoms. The van der Waals surface area contributed by atoms with Crippen LogP contribution in [0.25, 0.3) is 0 Å². The van der Waals surface area contributed by atoms with Crippen LogP contribution >= 0.6 is 0 Å². The van der Waals surface area contributed by atoms with Gasteiger partial charge >= 0.3 is 5.97 Å². The van der Waals surface area contributed by atoms with Gasteiger partial charge in [0.05, 0.1) is 5.60 Å². The molecule has 2 atom stereocenters. The van der Waals surface area contributed by atoms with Crippen LogP contribution in [0.3, 0.4) is 0 Å². The highest BCUT2D eigenvalue weighted by atomic mass is 16.4. The van der Waals surface area contributed by atoms with Crippen LogP contribution in [-0.2, 0) is 11.2 Å². The third kappa shape index (κ3) is 5.16. The summed E-state index contributed by atoms with van der Waals surface area (Å²) in [6.45, 7) is 6.56. The number of nitrogens with zero attached hydrogens (tertiary/aromatic N) is 1. The van der Waals surface area contributed by atoms with E-state index in [1.54, 1.807) is 12.1 Å². The Hall–Kier alpha value is -2.17. The number of benzene rings is 2. The average Bonchev–Trinajstić information content (AvgIpc) is 2.64. The summed E-state index contributed by atoms with van der Waals surface area (Å²) >= 11 is 0. The van der Waals surface area contributed by atoms with Crippen LogP contribution in [0.15, 0.2) is 60.7 Å². The molecule has 0 aliphatic carbocycles. The van der Waals surface area contributed by atoms with Gasteiger partial charge in [0.25, 0.3) is 0 Å². The van der Waals surface area contributed by atoms with E-state index < -0.39 is 17.5 Å². The number of carboxylic acids is 1. The van der Waals surface area contributed by atoms with Crippen molar-refractivity contribution in [3.63, 3.8) is 0 Å². The van der Waals surface area contributed by atoms with E-state index in [-0.39, 0.29) is 0 Å². The first kappa shape index (κ1) is 20.1. The smallest absolute Gasteiger partial charge is 0.313 e. The van der Waals surface area contributed by atoms with E-state index in [1.165, 1.54) is 0 Å². The van der Waals surface area contributed by atoms with Crippen LogP contribution in [0.2, 0.25) is 0 Å². The molecule has 2 aromatic rings. The van der Waals surface area contributed by atoms with Gasteiger partial charge in [0, 0.05) is 13.0 Å². The summed E-state index contributed by atoms with van der Waals surface area (Å²) in [5.41, 5.74) is 0.214. The Kier molecular flexibility index (Phi) is 7.37. The van der Waals surface area contributed by atoms with Gasteiger partial charge in [-0.3, -0.25) is 4.79 Å². The topological polar surface area (TPSA) is 60.8 Å². The van der Waals surface area contributed by atoms with E-state index in [9.17, 15) is 15.0 Å². The molecule has 2 aromatic carbocycles. The molecule has 0 amide bonds. The summed E-state index contributed by atoms with van der Waals surface area (Å²) in [6.07, 6.45) is 0.705. The molecule has 4 nitrogen and oxygen atoms in total. The molecule has 0 aliphatic heterocycles. The Bertz CT molecular complexity index is 670. The van der Waals surface area contributed by atoms with E-state index in [0.717, 1.165) is 18.7 Å². The fraction of sp³-hybridized carbons (Fsp3) is 0.409. The van der Waals surface area contributed by atoms with Crippen molar-refractivity contribution >= 4 is 5.97 Å². The summed E-state index contributed by atoms with van der Waals surface area (Å²) in [5, 5.41) is 21.5. The van der Waals surface area contributed by atoms with Crippen molar-refractivity contribution < 1.29 is 15.0 Å². The second kappa shape index (κ2) is 9.51. The van der Waals surface area contributed by atoms with Crippen molar-refractivity contribution in [3.05, 3.63) is 71.8 Å². The average molecular weight is 355 g/mol. The fourth-order valence-electron chi connectivity index (χ4n) is 3.50. The number of aliphatic carboxylic acids is 1. The van der Waals surface area contributed by atoms with Gasteiger partial charge in [-0.25, -0.2) is 0 Å². The van der Waals surface area contributed by atoms with E-state index in [0.29, 0.717) is 24.9 Å². The lowest BCUT2D eigenvalue weighted by Gasteiger charge is -2.36. The third-order valence-electron chi connectivity index (χ3n) is 5.03. The molecule has 0 fully saturated rings. The first-order valence-corrected chi connectivity index (χ1v) is 9.26. The molecule has 140 valence electrons. The van der Waals surface area contributed by atoms with Crippen LogP contribution < -0.4 is 0 Å². The number of hydrogen-bond donors (Lipinski definition) is 2. The van der Waals surface area contributed by atoms with Gasteiger partial charge in [-0.2, -0.15) is 0 Å². The first-order chi connectivity index (χ1) is 12.5. The highest BCUT2D eigenvalue weighted by Crippen LogP contribution is 2.35. The van der Waals surface area contributed by atoms with Gasteiger partial charge in [0.2, 0.25) is 0 Å². The number of aliphatic hydroxyl groups is 1. The maximum Gasteiger partial charge on any atom is 0.313 e. The second-order valence-corrected chi connectivity index (χ2v) is 6.72. The van der Waals surface area contributed by atoms with Crippen molar-refractivity contribution in [2.45, 2.75) is 38.2 Å². The Morgan fingerprint density at radius 2 is 1.54 bits per heavy atom. The molecule has 26 heavy (non-hydrogen) atoms. The van der Waals surface area contributed by atoms with Crippen LogP contribution in [0, 0.1) is 0 Å². The molecule has 0 saturated heterocycles. The maximum absolute atomic E-state index is 12.1. The van der Waals surface area contributed by atoms with E-state index in [1.807, 2.05) is 48.5 Å². The SMILES string of the molecule is CCN(CC)CC[C@](O)(Cc1ccccc1)[C@H](C(=O)O)c1ccccc1. The highest BCUT2D eigenvalue weighted by molar-refractivity contribution is 5.78. The van der Waals surface area contributed by atoms with Gasteiger partial charge < -0.3 is 15.1 Å². The van der Waals surface area contributed by atoms with Gasteiger partial charge in [-0.1, -0.05) is 74.5 Å². The molecule has 0 radical (unpaired) electrons. The predicted molar refractivity (Wildman–Crippen MR) is 104 cm³/mol. The van der Waals surface area contributed by atoms with E-state index >= 15 is 0 Å². The maximum atomic E-state index is 12.1. The molecule has 0 aliphatic rings. The molecule has 2 rings (SSSR count). The molecule has 0 unspecified atom stereocenters. The Balaban J connectivity index is 2.37. The Labute approximate surface area is 156 Å². The number of hydrogen-bond acceptors (Lipinski definition) is 3. The molecule has 0 spiro atoms. The van der Waals surface area contributed by atoms with Gasteiger partial charge in [0.1, 0.15) is 5.92 Å². The third-order valence-corrected chi connectivity index (χ3v) is 5.03. The zero-order valence-electron chi connectivity index (χ0n) is 15.6. The van der Waals surface area contributed by atoms with Crippen molar-refractivity contribution in [2.75, 3.05) is 19.6 Å². The molecule has 2 N–H and O–H groups in total. The molecule has 0 heterocycles. The number of carbonyl (C=O) groups is 1. The Morgan fingerprint density at radius 1 is 1.00 bits per heavy atom. The summed E-state index contributed by atoms with van der Waals surface area (Å²) < 4.78 is 0. The van der Waals surface area contributed by atoms with E-state index in [2.05, 4.69) is 18.7 Å². The molecule has 0 bridgehead atoms. The minimum atomic E-state index is -1.36. The van der Waals surface area contributed by atoms with Gasteiger partial charge in [-0.05, 0) is 30.6 Å². The zero-order chi connectivity index (χ0) is 19.0. The first-order valence-electron chi connectivity index (χ1n) is 9.26. The van der Waals surface area contributed by atoms with Crippen LogP contribution in [0.4, 0.5) is 0 Å².